The molecule has 3 heteroatoms. The highest BCUT2D eigenvalue weighted by atomic mass is 19.1. The third kappa shape index (κ3) is 2.22. The summed E-state index contributed by atoms with van der Waals surface area (Å²) in [4.78, 5) is 0. The average Bonchev–Trinajstić information content (AvgIpc) is 2.85. The van der Waals surface area contributed by atoms with Gasteiger partial charge >= 0.3 is 0 Å². The summed E-state index contributed by atoms with van der Waals surface area (Å²) in [5, 5.41) is 11.5. The maximum atomic E-state index is 13.4. The van der Waals surface area contributed by atoms with Crippen LogP contribution in [0.4, 0.5) is 4.39 Å². The van der Waals surface area contributed by atoms with Crippen molar-refractivity contribution in [2.45, 2.75) is 57.5 Å². The molecule has 0 spiro atoms. The SMILES string of the molecule is CCC1CCC(CN)(C2(O)CCc3cc(F)ccc32)CC1. The molecule has 1 atom stereocenters. The molecule has 1 unspecified atom stereocenters. The molecule has 116 valence electrons. The standard InChI is InChI=1S/C18H26FNO/c1-2-13-5-8-17(12-20,9-6-13)18(21)10-7-14-11-15(19)3-4-16(14)18/h3-4,11,13,21H,2,5-10,12,20H2,1H3. The molecule has 2 aliphatic rings. The van der Waals surface area contributed by atoms with Crippen LogP contribution in [-0.2, 0) is 12.0 Å². The van der Waals surface area contributed by atoms with Gasteiger partial charge in [-0.3, -0.25) is 0 Å². The molecule has 2 nitrogen and oxygen atoms in total. The van der Waals surface area contributed by atoms with Crippen molar-refractivity contribution in [1.29, 1.82) is 0 Å². The van der Waals surface area contributed by atoms with Gasteiger partial charge in [0, 0.05) is 12.0 Å². The fraction of sp³-hybridized carbons (Fsp3) is 0.667. The highest BCUT2D eigenvalue weighted by molar-refractivity contribution is 5.40. The number of nitrogens with two attached hydrogens (primary N) is 1. The second-order valence-corrected chi connectivity index (χ2v) is 7.00. The van der Waals surface area contributed by atoms with Gasteiger partial charge in [0.2, 0.25) is 0 Å². The van der Waals surface area contributed by atoms with E-state index in [0.717, 1.165) is 49.1 Å². The molecule has 1 aromatic rings. The Morgan fingerprint density at radius 1 is 1.29 bits per heavy atom. The lowest BCUT2D eigenvalue weighted by atomic mass is 9.59. The molecule has 0 aliphatic heterocycles. The van der Waals surface area contributed by atoms with Gasteiger partial charge in [-0.1, -0.05) is 19.4 Å². The zero-order valence-electron chi connectivity index (χ0n) is 12.9. The minimum Gasteiger partial charge on any atom is -0.385 e. The van der Waals surface area contributed by atoms with E-state index in [-0.39, 0.29) is 11.2 Å². The van der Waals surface area contributed by atoms with Gasteiger partial charge in [-0.25, -0.2) is 4.39 Å². The van der Waals surface area contributed by atoms with Crippen molar-refractivity contribution in [2.24, 2.45) is 17.1 Å². The molecule has 0 radical (unpaired) electrons. The molecule has 0 aromatic heterocycles. The zero-order chi connectivity index (χ0) is 15.1. The van der Waals surface area contributed by atoms with Crippen LogP contribution in [-0.4, -0.2) is 11.7 Å². The van der Waals surface area contributed by atoms with Gasteiger partial charge in [0.25, 0.3) is 0 Å². The van der Waals surface area contributed by atoms with E-state index in [4.69, 9.17) is 5.73 Å². The van der Waals surface area contributed by atoms with Crippen LogP contribution in [0.2, 0.25) is 0 Å². The van der Waals surface area contributed by atoms with Crippen LogP contribution in [0, 0.1) is 17.2 Å². The number of halogens is 1. The normalized spacial score (nSPS) is 35.7. The topological polar surface area (TPSA) is 46.2 Å². The number of rotatable bonds is 3. The average molecular weight is 291 g/mol. The summed E-state index contributed by atoms with van der Waals surface area (Å²) in [5.41, 5.74) is 6.92. The molecule has 21 heavy (non-hydrogen) atoms. The van der Waals surface area contributed by atoms with Crippen LogP contribution >= 0.6 is 0 Å². The first-order valence-electron chi connectivity index (χ1n) is 8.26. The van der Waals surface area contributed by atoms with Crippen molar-refractivity contribution in [1.82, 2.24) is 0 Å². The third-order valence-electron chi connectivity index (χ3n) is 6.18. The zero-order valence-corrected chi connectivity index (χ0v) is 12.9. The van der Waals surface area contributed by atoms with Crippen LogP contribution in [0.15, 0.2) is 18.2 Å². The van der Waals surface area contributed by atoms with Crippen molar-refractivity contribution in [3.8, 4) is 0 Å². The maximum absolute atomic E-state index is 13.4. The van der Waals surface area contributed by atoms with E-state index in [9.17, 15) is 9.50 Å². The molecule has 0 bridgehead atoms. The number of aliphatic hydroxyl groups is 1. The number of aryl methyl sites for hydroxylation is 1. The van der Waals surface area contributed by atoms with Gasteiger partial charge in [0.05, 0.1) is 5.60 Å². The molecule has 3 rings (SSSR count). The van der Waals surface area contributed by atoms with E-state index in [1.54, 1.807) is 12.1 Å². The summed E-state index contributed by atoms with van der Waals surface area (Å²) in [6, 6.07) is 4.83. The Hall–Kier alpha value is -0.930. The van der Waals surface area contributed by atoms with Crippen molar-refractivity contribution < 1.29 is 9.50 Å². The Morgan fingerprint density at radius 2 is 2.00 bits per heavy atom. The number of fused-ring (bicyclic) bond motifs is 1. The van der Waals surface area contributed by atoms with Gasteiger partial charge in [-0.2, -0.15) is 0 Å². The van der Waals surface area contributed by atoms with Crippen molar-refractivity contribution >= 4 is 0 Å². The lowest BCUT2D eigenvalue weighted by molar-refractivity contribution is -0.110. The van der Waals surface area contributed by atoms with Crippen molar-refractivity contribution in [2.75, 3.05) is 6.54 Å². The smallest absolute Gasteiger partial charge is 0.123 e. The molecule has 0 heterocycles. The fourth-order valence-corrected chi connectivity index (χ4v) is 4.60. The first kappa shape index (κ1) is 15.0. The Kier molecular flexibility index (Phi) is 3.83. The first-order chi connectivity index (χ1) is 10.0. The Morgan fingerprint density at radius 3 is 2.62 bits per heavy atom. The molecule has 1 aromatic carbocycles. The Balaban J connectivity index is 1.95. The van der Waals surface area contributed by atoms with Crippen LogP contribution in [0.1, 0.15) is 56.6 Å². The van der Waals surface area contributed by atoms with Crippen LogP contribution < -0.4 is 5.73 Å². The first-order valence-corrected chi connectivity index (χ1v) is 8.26. The minimum absolute atomic E-state index is 0.213. The largest absolute Gasteiger partial charge is 0.385 e. The Bertz CT molecular complexity index is 522. The second kappa shape index (κ2) is 5.36. The molecule has 3 N–H and O–H groups in total. The van der Waals surface area contributed by atoms with E-state index < -0.39 is 5.60 Å². The lowest BCUT2D eigenvalue weighted by Gasteiger charge is -2.49. The summed E-state index contributed by atoms with van der Waals surface area (Å²) < 4.78 is 13.4. The molecular weight excluding hydrogens is 265 g/mol. The second-order valence-electron chi connectivity index (χ2n) is 7.00. The van der Waals surface area contributed by atoms with E-state index in [0.29, 0.717) is 13.0 Å². The molecule has 1 fully saturated rings. The number of hydrogen-bond donors (Lipinski definition) is 2. The quantitative estimate of drug-likeness (QED) is 0.895. The highest BCUT2D eigenvalue weighted by Crippen LogP contribution is 2.56. The summed E-state index contributed by atoms with van der Waals surface area (Å²) in [6.45, 7) is 2.75. The Labute approximate surface area is 126 Å². The predicted octanol–water partition coefficient (Wildman–Crippen LogP) is 3.50. The van der Waals surface area contributed by atoms with E-state index in [1.807, 2.05) is 0 Å². The number of hydrogen-bond acceptors (Lipinski definition) is 2. The van der Waals surface area contributed by atoms with E-state index >= 15 is 0 Å². The van der Waals surface area contributed by atoms with E-state index in [1.165, 1.54) is 12.5 Å². The lowest BCUT2D eigenvalue weighted by Crippen LogP contribution is -2.51. The monoisotopic (exact) mass is 291 g/mol. The molecule has 0 amide bonds. The van der Waals surface area contributed by atoms with Gasteiger partial charge in [-0.05, 0) is 67.7 Å². The highest BCUT2D eigenvalue weighted by Gasteiger charge is 2.54. The van der Waals surface area contributed by atoms with Crippen molar-refractivity contribution in [3.63, 3.8) is 0 Å². The summed E-state index contributed by atoms with van der Waals surface area (Å²) in [7, 11) is 0. The molecular formula is C18H26FNO. The van der Waals surface area contributed by atoms with Crippen LogP contribution in [0.25, 0.3) is 0 Å². The van der Waals surface area contributed by atoms with Crippen molar-refractivity contribution in [3.05, 3.63) is 35.1 Å². The number of benzene rings is 1. The maximum Gasteiger partial charge on any atom is 0.123 e. The summed E-state index contributed by atoms with van der Waals surface area (Å²) >= 11 is 0. The minimum atomic E-state index is -0.872. The predicted molar refractivity (Wildman–Crippen MR) is 82.4 cm³/mol. The van der Waals surface area contributed by atoms with Gasteiger partial charge in [-0.15, -0.1) is 0 Å². The fourth-order valence-electron chi connectivity index (χ4n) is 4.60. The third-order valence-corrected chi connectivity index (χ3v) is 6.18. The molecule has 2 aliphatic carbocycles. The van der Waals surface area contributed by atoms with E-state index in [2.05, 4.69) is 6.92 Å². The molecule has 1 saturated carbocycles. The van der Waals surface area contributed by atoms with Gasteiger partial charge in [0.15, 0.2) is 0 Å². The van der Waals surface area contributed by atoms with Crippen LogP contribution in [0.5, 0.6) is 0 Å². The summed E-state index contributed by atoms with van der Waals surface area (Å²) in [6.07, 6.45) is 6.90. The summed E-state index contributed by atoms with van der Waals surface area (Å²) in [5.74, 6) is 0.553. The van der Waals surface area contributed by atoms with Crippen LogP contribution in [0.3, 0.4) is 0 Å². The molecule has 0 saturated heterocycles. The van der Waals surface area contributed by atoms with Gasteiger partial charge < -0.3 is 10.8 Å². The van der Waals surface area contributed by atoms with Gasteiger partial charge in [0.1, 0.15) is 5.82 Å².